The maximum atomic E-state index is 12.4. The lowest BCUT2D eigenvalue weighted by atomic mass is 9.70. The number of anilines is 1. The molecule has 1 saturated carbocycles. The zero-order chi connectivity index (χ0) is 17.3. The molecule has 0 radical (unpaired) electrons. The van der Waals surface area contributed by atoms with Gasteiger partial charge in [-0.05, 0) is 42.7 Å². The van der Waals surface area contributed by atoms with Crippen LogP contribution in [0.2, 0.25) is 0 Å². The number of nitrogens with one attached hydrogen (secondary N) is 2. The first-order valence-corrected chi connectivity index (χ1v) is 9.24. The predicted molar refractivity (Wildman–Crippen MR) is 97.7 cm³/mol. The third-order valence-electron chi connectivity index (χ3n) is 4.57. The van der Waals surface area contributed by atoms with Gasteiger partial charge in [0, 0.05) is 17.0 Å². The van der Waals surface area contributed by atoms with Gasteiger partial charge < -0.3 is 10.6 Å². The van der Waals surface area contributed by atoms with Gasteiger partial charge in [0.1, 0.15) is 0 Å². The topological polar surface area (TPSA) is 58.2 Å². The summed E-state index contributed by atoms with van der Waals surface area (Å²) in [6.07, 6.45) is 4.60. The van der Waals surface area contributed by atoms with Crippen molar-refractivity contribution in [3.63, 3.8) is 0 Å². The van der Waals surface area contributed by atoms with Gasteiger partial charge in [-0.1, -0.05) is 44.7 Å². The average molecular weight is 344 g/mol. The average Bonchev–Trinajstić information content (AvgIpc) is 2.45. The quantitative estimate of drug-likeness (QED) is 0.799. The lowest BCUT2D eigenvalue weighted by molar-refractivity contribution is -0.118. The fourth-order valence-electron chi connectivity index (χ4n) is 3.92. The number of thioether (sulfide) groups is 1. The van der Waals surface area contributed by atoms with E-state index in [1.54, 1.807) is 0 Å². The van der Waals surface area contributed by atoms with Crippen molar-refractivity contribution in [1.29, 1.82) is 0 Å². The molecule has 2 amide bonds. The van der Waals surface area contributed by atoms with E-state index in [1.165, 1.54) is 24.3 Å². The molecule has 128 valence electrons. The summed E-state index contributed by atoms with van der Waals surface area (Å²) in [6.45, 7) is 6.74. The van der Waals surface area contributed by atoms with E-state index < -0.39 is 0 Å². The molecule has 1 fully saturated rings. The van der Waals surface area contributed by atoms with Crippen LogP contribution in [0.1, 0.15) is 40.0 Å². The highest BCUT2D eigenvalue weighted by Crippen LogP contribution is 2.39. The fraction of sp³-hybridized carbons (Fsp3) is 0.474. The summed E-state index contributed by atoms with van der Waals surface area (Å²) in [5.74, 6) is 0.207. The summed E-state index contributed by atoms with van der Waals surface area (Å²) in [6, 6.07) is 7.79. The van der Waals surface area contributed by atoms with Crippen LogP contribution in [0.4, 0.5) is 5.69 Å². The van der Waals surface area contributed by atoms with Gasteiger partial charge in [-0.3, -0.25) is 9.59 Å². The fourth-order valence-corrected chi connectivity index (χ4v) is 4.84. The zero-order valence-electron chi connectivity index (χ0n) is 14.4. The third-order valence-corrected chi connectivity index (χ3v) is 5.67. The number of rotatable bonds is 2. The van der Waals surface area contributed by atoms with Crippen molar-refractivity contribution in [3.05, 3.63) is 35.2 Å². The molecule has 1 aromatic rings. The maximum absolute atomic E-state index is 12.4. The van der Waals surface area contributed by atoms with Crippen molar-refractivity contribution in [1.82, 2.24) is 5.32 Å². The molecule has 1 aliphatic heterocycles. The van der Waals surface area contributed by atoms with Crippen molar-refractivity contribution in [2.75, 3.05) is 5.32 Å². The highest BCUT2D eigenvalue weighted by Gasteiger charge is 2.32. The van der Waals surface area contributed by atoms with Crippen LogP contribution in [0, 0.1) is 11.3 Å². The predicted octanol–water partition coefficient (Wildman–Crippen LogP) is 3.95. The molecule has 4 nitrogen and oxygen atoms in total. The van der Waals surface area contributed by atoms with E-state index in [9.17, 15) is 9.59 Å². The van der Waals surface area contributed by atoms with Crippen LogP contribution in [-0.2, 0) is 9.59 Å². The summed E-state index contributed by atoms with van der Waals surface area (Å²) in [7, 11) is 0. The standard InChI is InChI=1S/C19H24N2O2S/c1-12-8-13(11-19(2,3)10-12)20-17(22)9-16-18(23)21-14-6-4-5-7-15(14)24-16/h4-7,9,12-13H,8,10-11H2,1-3H3,(H,20,22)(H,21,23). The monoisotopic (exact) mass is 344 g/mol. The number of carbonyl (C=O) groups excluding carboxylic acids is 2. The summed E-state index contributed by atoms with van der Waals surface area (Å²) in [5, 5.41) is 5.92. The third kappa shape index (κ3) is 4.01. The normalized spacial score (nSPS) is 27.3. The molecule has 0 spiro atoms. The van der Waals surface area contributed by atoms with E-state index in [0.717, 1.165) is 23.4 Å². The van der Waals surface area contributed by atoms with Gasteiger partial charge in [0.2, 0.25) is 5.91 Å². The van der Waals surface area contributed by atoms with Crippen LogP contribution in [0.5, 0.6) is 0 Å². The van der Waals surface area contributed by atoms with E-state index in [0.29, 0.717) is 10.8 Å². The lowest BCUT2D eigenvalue weighted by Gasteiger charge is -2.39. The van der Waals surface area contributed by atoms with E-state index in [4.69, 9.17) is 0 Å². The van der Waals surface area contributed by atoms with Crippen LogP contribution < -0.4 is 10.6 Å². The molecular weight excluding hydrogens is 320 g/mol. The van der Waals surface area contributed by atoms with Crippen LogP contribution in [0.25, 0.3) is 0 Å². The summed E-state index contributed by atoms with van der Waals surface area (Å²) in [5.41, 5.74) is 1.05. The molecule has 24 heavy (non-hydrogen) atoms. The molecule has 0 bridgehead atoms. The first-order valence-electron chi connectivity index (χ1n) is 8.43. The van der Waals surface area contributed by atoms with Crippen LogP contribution in [-0.4, -0.2) is 17.9 Å². The minimum Gasteiger partial charge on any atom is -0.350 e. The number of para-hydroxylation sites is 1. The molecular formula is C19H24N2O2S. The maximum Gasteiger partial charge on any atom is 0.262 e. The molecule has 5 heteroatoms. The first-order chi connectivity index (χ1) is 11.3. The Kier molecular flexibility index (Phi) is 4.72. The molecule has 1 heterocycles. The van der Waals surface area contributed by atoms with Gasteiger partial charge >= 0.3 is 0 Å². The van der Waals surface area contributed by atoms with Crippen LogP contribution >= 0.6 is 11.8 Å². The molecule has 0 aromatic heterocycles. The molecule has 2 unspecified atom stereocenters. The second-order valence-electron chi connectivity index (χ2n) is 7.68. The van der Waals surface area contributed by atoms with Gasteiger partial charge in [-0.25, -0.2) is 0 Å². The summed E-state index contributed by atoms with van der Waals surface area (Å²) < 4.78 is 0. The minimum absolute atomic E-state index is 0.178. The highest BCUT2D eigenvalue weighted by molar-refractivity contribution is 8.04. The Morgan fingerprint density at radius 2 is 2.08 bits per heavy atom. The van der Waals surface area contributed by atoms with E-state index in [1.807, 2.05) is 24.3 Å². The molecule has 2 atom stereocenters. The van der Waals surface area contributed by atoms with Gasteiger partial charge in [0.15, 0.2) is 0 Å². The highest BCUT2D eigenvalue weighted by atomic mass is 32.2. The van der Waals surface area contributed by atoms with E-state index in [-0.39, 0.29) is 23.3 Å². The van der Waals surface area contributed by atoms with Crippen molar-refractivity contribution in [2.45, 2.75) is 51.0 Å². The number of hydrogen-bond acceptors (Lipinski definition) is 3. The van der Waals surface area contributed by atoms with E-state index >= 15 is 0 Å². The Labute approximate surface area is 147 Å². The number of benzene rings is 1. The largest absolute Gasteiger partial charge is 0.350 e. The van der Waals surface area contributed by atoms with Gasteiger partial charge in [0.05, 0.1) is 10.6 Å². The summed E-state index contributed by atoms with van der Waals surface area (Å²) in [4.78, 5) is 25.9. The van der Waals surface area contributed by atoms with Gasteiger partial charge in [-0.2, -0.15) is 0 Å². The minimum atomic E-state index is -0.216. The lowest BCUT2D eigenvalue weighted by Crippen LogP contribution is -2.42. The van der Waals surface area contributed by atoms with Gasteiger partial charge in [-0.15, -0.1) is 0 Å². The first kappa shape index (κ1) is 17.1. The molecule has 1 aliphatic carbocycles. The SMILES string of the molecule is CC1CC(NC(=O)C=C2Sc3ccccc3NC2=O)CC(C)(C)C1. The molecule has 2 aliphatic rings. The van der Waals surface area contributed by atoms with Crippen molar-refractivity contribution < 1.29 is 9.59 Å². The number of carbonyl (C=O) groups is 2. The van der Waals surface area contributed by atoms with Crippen molar-refractivity contribution >= 4 is 29.3 Å². The van der Waals surface area contributed by atoms with Gasteiger partial charge in [0.25, 0.3) is 5.91 Å². The Hall–Kier alpha value is -1.75. The van der Waals surface area contributed by atoms with Crippen molar-refractivity contribution in [2.24, 2.45) is 11.3 Å². The molecule has 2 N–H and O–H groups in total. The molecule has 1 aromatic carbocycles. The number of fused-ring (bicyclic) bond motifs is 1. The molecule has 3 rings (SSSR count). The summed E-state index contributed by atoms with van der Waals surface area (Å²) >= 11 is 1.34. The van der Waals surface area contributed by atoms with Crippen LogP contribution in [0.15, 0.2) is 40.1 Å². The number of amides is 2. The van der Waals surface area contributed by atoms with Crippen LogP contribution in [0.3, 0.4) is 0 Å². The second-order valence-corrected chi connectivity index (χ2v) is 8.76. The Morgan fingerprint density at radius 3 is 2.83 bits per heavy atom. The Balaban J connectivity index is 1.68. The Bertz CT molecular complexity index is 696. The molecule has 0 saturated heterocycles. The smallest absolute Gasteiger partial charge is 0.262 e. The van der Waals surface area contributed by atoms with E-state index in [2.05, 4.69) is 31.4 Å². The zero-order valence-corrected chi connectivity index (χ0v) is 15.2. The second kappa shape index (κ2) is 6.63. The van der Waals surface area contributed by atoms with Crippen molar-refractivity contribution in [3.8, 4) is 0 Å². The number of hydrogen-bond donors (Lipinski definition) is 2. The Morgan fingerprint density at radius 1 is 1.33 bits per heavy atom.